The van der Waals surface area contributed by atoms with Gasteiger partial charge in [0.2, 0.25) is 0 Å². The van der Waals surface area contributed by atoms with Crippen LogP contribution < -0.4 is 15.0 Å². The standard InChI is InChI=1S/C19H30N4O3.HI/c1-5-20-19(21-14-15(2)18(24)26-4)23-12-10-22(11-13-23)16-6-8-17(25-3)9-7-16;/h6-9,15H,5,10-14H2,1-4H3,(H,20,21);1H. The normalized spacial score (nSPS) is 15.6. The van der Waals surface area contributed by atoms with Gasteiger partial charge in [-0.1, -0.05) is 6.92 Å². The number of anilines is 1. The lowest BCUT2D eigenvalue weighted by molar-refractivity contribution is -0.144. The number of esters is 1. The summed E-state index contributed by atoms with van der Waals surface area (Å²) in [5.74, 6) is 1.26. The zero-order chi connectivity index (χ0) is 18.9. The number of rotatable bonds is 6. The van der Waals surface area contributed by atoms with Gasteiger partial charge < -0.3 is 24.6 Å². The number of piperazine rings is 1. The van der Waals surface area contributed by atoms with Gasteiger partial charge in [-0.15, -0.1) is 24.0 Å². The quantitative estimate of drug-likeness (QED) is 0.286. The third kappa shape index (κ3) is 6.75. The monoisotopic (exact) mass is 490 g/mol. The molecule has 2 rings (SSSR count). The van der Waals surface area contributed by atoms with E-state index in [9.17, 15) is 4.79 Å². The number of halogens is 1. The molecule has 1 saturated heterocycles. The lowest BCUT2D eigenvalue weighted by atomic mass is 10.2. The van der Waals surface area contributed by atoms with Crippen molar-refractivity contribution < 1.29 is 14.3 Å². The van der Waals surface area contributed by atoms with Gasteiger partial charge in [0.1, 0.15) is 5.75 Å². The summed E-state index contributed by atoms with van der Waals surface area (Å²) in [7, 11) is 3.09. The molecule has 7 nitrogen and oxygen atoms in total. The average molecular weight is 490 g/mol. The molecule has 0 radical (unpaired) electrons. The predicted octanol–water partition coefficient (Wildman–Crippen LogP) is 2.21. The predicted molar refractivity (Wildman–Crippen MR) is 119 cm³/mol. The Morgan fingerprint density at radius 2 is 1.81 bits per heavy atom. The van der Waals surface area contributed by atoms with Crippen LogP contribution in [-0.2, 0) is 9.53 Å². The lowest BCUT2D eigenvalue weighted by Crippen LogP contribution is -2.52. The fourth-order valence-corrected chi connectivity index (χ4v) is 2.89. The highest BCUT2D eigenvalue weighted by atomic mass is 127. The molecule has 0 aliphatic carbocycles. The van der Waals surface area contributed by atoms with E-state index in [0.29, 0.717) is 6.54 Å². The first kappa shape index (κ1) is 23.3. The number of nitrogens with zero attached hydrogens (tertiary/aromatic N) is 3. The number of methoxy groups -OCH3 is 2. The molecule has 0 saturated carbocycles. The minimum Gasteiger partial charge on any atom is -0.497 e. The van der Waals surface area contributed by atoms with Crippen LogP contribution in [0.5, 0.6) is 5.75 Å². The average Bonchev–Trinajstić information content (AvgIpc) is 2.70. The summed E-state index contributed by atoms with van der Waals surface area (Å²) < 4.78 is 9.99. The summed E-state index contributed by atoms with van der Waals surface area (Å²) in [6.07, 6.45) is 0. The van der Waals surface area contributed by atoms with E-state index in [1.165, 1.54) is 12.8 Å². The second-order valence-electron chi connectivity index (χ2n) is 6.29. The summed E-state index contributed by atoms with van der Waals surface area (Å²) in [5.41, 5.74) is 1.20. The van der Waals surface area contributed by atoms with Crippen molar-refractivity contribution in [2.45, 2.75) is 13.8 Å². The first-order chi connectivity index (χ1) is 12.6. The van der Waals surface area contributed by atoms with Gasteiger partial charge in [0.25, 0.3) is 0 Å². The van der Waals surface area contributed by atoms with Gasteiger partial charge in [-0.2, -0.15) is 0 Å². The van der Waals surface area contributed by atoms with Crippen molar-refractivity contribution in [3.05, 3.63) is 24.3 Å². The van der Waals surface area contributed by atoms with Gasteiger partial charge >= 0.3 is 5.97 Å². The van der Waals surface area contributed by atoms with E-state index in [1.54, 1.807) is 7.11 Å². The molecule has 1 N–H and O–H groups in total. The molecule has 0 aromatic heterocycles. The smallest absolute Gasteiger partial charge is 0.310 e. The highest BCUT2D eigenvalue weighted by Crippen LogP contribution is 2.20. The Morgan fingerprint density at radius 3 is 2.33 bits per heavy atom. The van der Waals surface area contributed by atoms with Crippen LogP contribution in [0.4, 0.5) is 5.69 Å². The molecular weight excluding hydrogens is 459 g/mol. The topological polar surface area (TPSA) is 66.4 Å². The first-order valence-corrected chi connectivity index (χ1v) is 9.09. The Kier molecular flexibility index (Phi) is 10.3. The van der Waals surface area contributed by atoms with E-state index in [2.05, 4.69) is 32.2 Å². The summed E-state index contributed by atoms with van der Waals surface area (Å²) in [6, 6.07) is 8.15. The van der Waals surface area contributed by atoms with E-state index < -0.39 is 0 Å². The van der Waals surface area contributed by atoms with Crippen LogP contribution in [-0.4, -0.2) is 70.3 Å². The summed E-state index contributed by atoms with van der Waals surface area (Å²) >= 11 is 0. The number of carbonyl (C=O) groups is 1. The second kappa shape index (κ2) is 11.9. The Bertz CT molecular complexity index is 601. The summed E-state index contributed by atoms with van der Waals surface area (Å²) in [4.78, 5) is 20.8. The highest BCUT2D eigenvalue weighted by molar-refractivity contribution is 14.0. The van der Waals surface area contributed by atoms with Crippen molar-refractivity contribution in [1.82, 2.24) is 10.2 Å². The minimum atomic E-state index is -0.241. The van der Waals surface area contributed by atoms with Crippen LogP contribution in [0.3, 0.4) is 0 Å². The Morgan fingerprint density at radius 1 is 1.19 bits per heavy atom. The van der Waals surface area contributed by atoms with Gasteiger partial charge in [0.15, 0.2) is 5.96 Å². The molecule has 1 aromatic carbocycles. The molecule has 152 valence electrons. The molecule has 0 amide bonds. The molecule has 0 bridgehead atoms. The number of benzene rings is 1. The molecule has 1 unspecified atom stereocenters. The van der Waals surface area contributed by atoms with Crippen LogP contribution in [0.1, 0.15) is 13.8 Å². The van der Waals surface area contributed by atoms with Gasteiger partial charge in [-0.3, -0.25) is 9.79 Å². The van der Waals surface area contributed by atoms with Crippen LogP contribution in [0.25, 0.3) is 0 Å². The van der Waals surface area contributed by atoms with Gasteiger partial charge in [0.05, 0.1) is 26.7 Å². The molecule has 1 aliphatic rings. The molecule has 1 fully saturated rings. The molecule has 1 atom stereocenters. The molecule has 27 heavy (non-hydrogen) atoms. The minimum absolute atomic E-state index is 0. The van der Waals surface area contributed by atoms with Crippen LogP contribution in [0, 0.1) is 5.92 Å². The maximum Gasteiger partial charge on any atom is 0.310 e. The first-order valence-electron chi connectivity index (χ1n) is 9.09. The fourth-order valence-electron chi connectivity index (χ4n) is 2.89. The van der Waals surface area contributed by atoms with Crippen molar-refractivity contribution in [1.29, 1.82) is 0 Å². The number of guanidine groups is 1. The maximum absolute atomic E-state index is 11.6. The van der Waals surface area contributed by atoms with Gasteiger partial charge in [-0.25, -0.2) is 0 Å². The van der Waals surface area contributed by atoms with Gasteiger partial charge in [-0.05, 0) is 31.2 Å². The molecule has 1 aromatic rings. The van der Waals surface area contributed by atoms with Gasteiger partial charge in [0, 0.05) is 38.4 Å². The van der Waals surface area contributed by atoms with Crippen molar-refractivity contribution >= 4 is 41.6 Å². The van der Waals surface area contributed by atoms with Crippen molar-refractivity contribution in [2.24, 2.45) is 10.9 Å². The molecule has 8 heteroatoms. The number of nitrogens with one attached hydrogen (secondary N) is 1. The number of ether oxygens (including phenoxy) is 2. The maximum atomic E-state index is 11.6. The Hall–Kier alpha value is -1.71. The zero-order valence-electron chi connectivity index (χ0n) is 16.6. The van der Waals surface area contributed by atoms with E-state index in [4.69, 9.17) is 9.47 Å². The Balaban J connectivity index is 0.00000364. The SMILES string of the molecule is CCNC(=NCC(C)C(=O)OC)N1CCN(c2ccc(OC)cc2)CC1.I. The third-order valence-corrected chi connectivity index (χ3v) is 4.47. The van der Waals surface area contributed by atoms with E-state index in [1.807, 2.05) is 26.0 Å². The third-order valence-electron chi connectivity index (χ3n) is 4.47. The molecule has 1 aliphatic heterocycles. The van der Waals surface area contributed by atoms with Crippen molar-refractivity contribution in [3.8, 4) is 5.75 Å². The van der Waals surface area contributed by atoms with E-state index >= 15 is 0 Å². The fraction of sp³-hybridized carbons (Fsp3) is 0.579. The molecule has 1 heterocycles. The summed E-state index contributed by atoms with van der Waals surface area (Å²) in [6.45, 7) is 8.70. The van der Waals surface area contributed by atoms with Crippen LogP contribution >= 0.6 is 24.0 Å². The van der Waals surface area contributed by atoms with E-state index in [0.717, 1.165) is 44.4 Å². The molecule has 0 spiro atoms. The number of hydrogen-bond donors (Lipinski definition) is 1. The number of carbonyl (C=O) groups excluding carboxylic acids is 1. The summed E-state index contributed by atoms with van der Waals surface area (Å²) in [5, 5.41) is 3.32. The van der Waals surface area contributed by atoms with Crippen molar-refractivity contribution in [2.75, 3.05) is 58.4 Å². The number of hydrogen-bond acceptors (Lipinski definition) is 5. The highest BCUT2D eigenvalue weighted by Gasteiger charge is 2.21. The molecular formula is C19H31IN4O3. The second-order valence-corrected chi connectivity index (χ2v) is 6.29. The van der Waals surface area contributed by atoms with Crippen LogP contribution in [0.2, 0.25) is 0 Å². The largest absolute Gasteiger partial charge is 0.497 e. The van der Waals surface area contributed by atoms with E-state index in [-0.39, 0.29) is 35.9 Å². The zero-order valence-corrected chi connectivity index (χ0v) is 18.9. The van der Waals surface area contributed by atoms with Crippen molar-refractivity contribution in [3.63, 3.8) is 0 Å². The number of aliphatic imine (C=N–C) groups is 1. The Labute approximate surface area is 179 Å². The van der Waals surface area contributed by atoms with Crippen LogP contribution in [0.15, 0.2) is 29.3 Å². The lowest BCUT2D eigenvalue weighted by Gasteiger charge is -2.37.